The number of carbonyl (C=O) groups is 1. The number of hydrogen-bond acceptors (Lipinski definition) is 4. The van der Waals surface area contributed by atoms with Gasteiger partial charge in [0.15, 0.2) is 0 Å². The van der Waals surface area contributed by atoms with Gasteiger partial charge in [-0.25, -0.2) is 9.78 Å². The Balaban J connectivity index is 1.72. The molecule has 0 aliphatic carbocycles. The molecule has 5 heteroatoms. The molecule has 1 amide bonds. The second kappa shape index (κ2) is 6.16. The molecule has 0 aliphatic rings. The summed E-state index contributed by atoms with van der Waals surface area (Å²) >= 11 is 1.64. The number of thiazole rings is 1. The van der Waals surface area contributed by atoms with Gasteiger partial charge in [0.05, 0.1) is 5.01 Å². The van der Waals surface area contributed by atoms with Crippen LogP contribution in [0.3, 0.4) is 0 Å². The lowest BCUT2D eigenvalue weighted by molar-refractivity contribution is 0.200. The summed E-state index contributed by atoms with van der Waals surface area (Å²) in [6.45, 7) is 2.54. The van der Waals surface area contributed by atoms with E-state index < -0.39 is 6.09 Å². The molecular weight excluding hydrogens is 248 g/mol. The van der Waals surface area contributed by atoms with Gasteiger partial charge in [-0.3, -0.25) is 0 Å². The average molecular weight is 262 g/mol. The zero-order chi connectivity index (χ0) is 12.8. The Morgan fingerprint density at radius 3 is 2.83 bits per heavy atom. The highest BCUT2D eigenvalue weighted by atomic mass is 32.1. The normalized spacial score (nSPS) is 10.1. The summed E-state index contributed by atoms with van der Waals surface area (Å²) in [4.78, 5) is 16.9. The van der Waals surface area contributed by atoms with Gasteiger partial charge in [0.2, 0.25) is 0 Å². The first kappa shape index (κ1) is 12.6. The lowest BCUT2D eigenvalue weighted by Gasteiger charge is -2.05. The van der Waals surface area contributed by atoms with Crippen molar-refractivity contribution in [3.8, 4) is 5.75 Å². The molecule has 94 valence electrons. The van der Waals surface area contributed by atoms with Gasteiger partial charge in [-0.15, -0.1) is 11.3 Å². The number of carbonyl (C=O) groups excluding carboxylic acids is 1. The maximum absolute atomic E-state index is 11.5. The fourth-order valence-electron chi connectivity index (χ4n) is 1.42. The Hall–Kier alpha value is -1.88. The number of amides is 1. The van der Waals surface area contributed by atoms with Crippen LogP contribution in [-0.4, -0.2) is 17.6 Å². The third-order valence-electron chi connectivity index (χ3n) is 2.23. The molecule has 1 aromatic heterocycles. The maximum atomic E-state index is 11.5. The Labute approximate surface area is 110 Å². The van der Waals surface area contributed by atoms with E-state index in [-0.39, 0.29) is 0 Å². The highest BCUT2D eigenvalue weighted by Gasteiger charge is 2.04. The van der Waals surface area contributed by atoms with Gasteiger partial charge in [-0.2, -0.15) is 0 Å². The van der Waals surface area contributed by atoms with E-state index in [0.717, 1.165) is 11.4 Å². The van der Waals surface area contributed by atoms with Crippen molar-refractivity contribution in [2.24, 2.45) is 0 Å². The molecule has 2 rings (SSSR count). The van der Waals surface area contributed by atoms with Crippen molar-refractivity contribution in [2.75, 3.05) is 6.54 Å². The van der Waals surface area contributed by atoms with E-state index in [9.17, 15) is 4.79 Å². The smallest absolute Gasteiger partial charge is 0.410 e. The first-order chi connectivity index (χ1) is 8.74. The molecule has 0 unspecified atom stereocenters. The van der Waals surface area contributed by atoms with Crippen LogP contribution in [0.2, 0.25) is 0 Å². The quantitative estimate of drug-likeness (QED) is 0.921. The van der Waals surface area contributed by atoms with E-state index in [4.69, 9.17) is 4.74 Å². The third-order valence-corrected chi connectivity index (χ3v) is 3.20. The number of aryl methyl sites for hydroxylation is 1. The molecule has 0 bridgehead atoms. The summed E-state index contributed by atoms with van der Waals surface area (Å²) in [7, 11) is 0. The molecule has 1 N–H and O–H groups in total. The zero-order valence-electron chi connectivity index (χ0n) is 10.1. The molecule has 2 aromatic rings. The number of hydrogen-bond donors (Lipinski definition) is 1. The molecule has 0 radical (unpaired) electrons. The molecule has 0 saturated heterocycles. The average Bonchev–Trinajstić information content (AvgIpc) is 2.76. The fourth-order valence-corrected chi connectivity index (χ4v) is 2.21. The first-order valence-electron chi connectivity index (χ1n) is 5.66. The summed E-state index contributed by atoms with van der Waals surface area (Å²) in [6, 6.07) is 8.99. The van der Waals surface area contributed by atoms with Crippen molar-refractivity contribution in [1.82, 2.24) is 10.3 Å². The van der Waals surface area contributed by atoms with Gasteiger partial charge in [0.25, 0.3) is 0 Å². The molecule has 4 nitrogen and oxygen atoms in total. The van der Waals surface area contributed by atoms with Crippen molar-refractivity contribution in [2.45, 2.75) is 13.3 Å². The minimum Gasteiger partial charge on any atom is -0.410 e. The van der Waals surface area contributed by atoms with Crippen molar-refractivity contribution < 1.29 is 9.53 Å². The lowest BCUT2D eigenvalue weighted by atomic mass is 10.3. The summed E-state index contributed by atoms with van der Waals surface area (Å²) in [6.07, 6.45) is 2.12. The number of aromatic nitrogens is 1. The minimum atomic E-state index is -0.436. The summed E-state index contributed by atoms with van der Waals surface area (Å²) in [5.74, 6) is 0.542. The SMILES string of the molecule is Cc1cnc(CCNC(=O)Oc2ccccc2)s1. The van der Waals surface area contributed by atoms with Crippen molar-refractivity contribution in [1.29, 1.82) is 0 Å². The predicted molar refractivity (Wildman–Crippen MR) is 71.0 cm³/mol. The molecule has 1 heterocycles. The standard InChI is InChI=1S/C13H14N2O2S/c1-10-9-15-12(18-10)7-8-14-13(16)17-11-5-3-2-4-6-11/h2-6,9H,7-8H2,1H3,(H,14,16). The van der Waals surface area contributed by atoms with Gasteiger partial charge < -0.3 is 10.1 Å². The van der Waals surface area contributed by atoms with Gasteiger partial charge in [0, 0.05) is 24.0 Å². The lowest BCUT2D eigenvalue weighted by Crippen LogP contribution is -2.28. The van der Waals surface area contributed by atoms with Crippen LogP contribution < -0.4 is 10.1 Å². The van der Waals surface area contributed by atoms with E-state index in [2.05, 4.69) is 10.3 Å². The van der Waals surface area contributed by atoms with Crippen LogP contribution in [0.5, 0.6) is 5.75 Å². The minimum absolute atomic E-state index is 0.436. The number of rotatable bonds is 4. The van der Waals surface area contributed by atoms with Crippen LogP contribution in [0.4, 0.5) is 4.79 Å². The second-order valence-electron chi connectivity index (χ2n) is 3.74. The van der Waals surface area contributed by atoms with Crippen LogP contribution >= 0.6 is 11.3 Å². The highest BCUT2D eigenvalue weighted by Crippen LogP contribution is 2.11. The molecule has 0 aliphatic heterocycles. The van der Waals surface area contributed by atoms with Crippen LogP contribution in [0.15, 0.2) is 36.5 Å². The summed E-state index contributed by atoms with van der Waals surface area (Å²) < 4.78 is 5.09. The van der Waals surface area contributed by atoms with E-state index in [1.165, 1.54) is 4.88 Å². The topological polar surface area (TPSA) is 51.2 Å². The van der Waals surface area contributed by atoms with Gasteiger partial charge in [-0.05, 0) is 19.1 Å². The molecule has 0 spiro atoms. The van der Waals surface area contributed by atoms with Crippen molar-refractivity contribution in [3.63, 3.8) is 0 Å². The second-order valence-corrected chi connectivity index (χ2v) is 5.06. The number of benzene rings is 1. The molecule has 0 saturated carbocycles. The van der Waals surface area contributed by atoms with Crippen LogP contribution in [0.25, 0.3) is 0 Å². The predicted octanol–water partition coefficient (Wildman–Crippen LogP) is 2.78. The summed E-state index contributed by atoms with van der Waals surface area (Å²) in [5.41, 5.74) is 0. The number of nitrogens with zero attached hydrogens (tertiary/aromatic N) is 1. The Bertz CT molecular complexity index is 511. The van der Waals surface area contributed by atoms with Crippen LogP contribution in [0.1, 0.15) is 9.88 Å². The van der Waals surface area contributed by atoms with Crippen molar-refractivity contribution >= 4 is 17.4 Å². The third kappa shape index (κ3) is 3.85. The first-order valence-corrected chi connectivity index (χ1v) is 6.48. The van der Waals surface area contributed by atoms with E-state index in [1.54, 1.807) is 23.5 Å². The Kier molecular flexibility index (Phi) is 4.30. The largest absolute Gasteiger partial charge is 0.412 e. The maximum Gasteiger partial charge on any atom is 0.412 e. The number of nitrogens with one attached hydrogen (secondary N) is 1. The summed E-state index contributed by atoms with van der Waals surface area (Å²) in [5, 5.41) is 3.72. The molecule has 0 fully saturated rings. The van der Waals surface area contributed by atoms with E-state index >= 15 is 0 Å². The Morgan fingerprint density at radius 2 is 2.17 bits per heavy atom. The van der Waals surface area contributed by atoms with Crippen LogP contribution in [-0.2, 0) is 6.42 Å². The molecule has 0 atom stereocenters. The van der Waals surface area contributed by atoms with Crippen molar-refractivity contribution in [3.05, 3.63) is 46.4 Å². The van der Waals surface area contributed by atoms with Crippen LogP contribution in [0, 0.1) is 6.92 Å². The number of ether oxygens (including phenoxy) is 1. The van der Waals surface area contributed by atoms with E-state index in [1.807, 2.05) is 31.3 Å². The zero-order valence-corrected chi connectivity index (χ0v) is 10.9. The molecule has 1 aromatic carbocycles. The van der Waals surface area contributed by atoms with Gasteiger partial charge >= 0.3 is 6.09 Å². The fraction of sp³-hybridized carbons (Fsp3) is 0.231. The highest BCUT2D eigenvalue weighted by molar-refractivity contribution is 7.11. The molecular formula is C13H14N2O2S. The monoisotopic (exact) mass is 262 g/mol. The van der Waals surface area contributed by atoms with Gasteiger partial charge in [0.1, 0.15) is 5.75 Å². The molecule has 18 heavy (non-hydrogen) atoms. The van der Waals surface area contributed by atoms with E-state index in [0.29, 0.717) is 12.3 Å². The number of para-hydroxylation sites is 1. The van der Waals surface area contributed by atoms with Gasteiger partial charge in [-0.1, -0.05) is 18.2 Å². The Morgan fingerprint density at radius 1 is 1.39 bits per heavy atom.